The van der Waals surface area contributed by atoms with E-state index in [0.29, 0.717) is 0 Å². The molecule has 3 aliphatic rings. The molecule has 0 N–H and O–H groups in total. The summed E-state index contributed by atoms with van der Waals surface area (Å²) in [5.41, 5.74) is 20.8. The van der Waals surface area contributed by atoms with Gasteiger partial charge in [0.05, 0.1) is 5.41 Å². The first-order valence-corrected chi connectivity index (χ1v) is 19.4. The Labute approximate surface area is 319 Å². The van der Waals surface area contributed by atoms with Gasteiger partial charge in [-0.1, -0.05) is 188 Å². The number of benzene rings is 10. The molecule has 55 heavy (non-hydrogen) atoms. The van der Waals surface area contributed by atoms with Crippen LogP contribution in [-0.2, 0) is 5.41 Å². The van der Waals surface area contributed by atoms with Gasteiger partial charge in [-0.05, 0) is 127 Å². The summed E-state index contributed by atoms with van der Waals surface area (Å²) in [4.78, 5) is 0. The molecule has 0 radical (unpaired) electrons. The second-order valence-corrected chi connectivity index (χ2v) is 15.5. The summed E-state index contributed by atoms with van der Waals surface area (Å²) in [5, 5.41) is 7.87. The van der Waals surface area contributed by atoms with Crippen molar-refractivity contribution in [2.24, 2.45) is 0 Å². The first kappa shape index (κ1) is 29.4. The number of fused-ring (bicyclic) bond motifs is 17. The SMILES string of the molecule is c1ccc2c(c1)-c1cccc3c(-c4ccc(-c5cc6c(c7ccccc57)-c5ccc7ccccc7c5C65c6ccccc6-c6ccccc65)cc4)ccc-2c13. The number of rotatable bonds is 2. The molecule has 0 fully saturated rings. The van der Waals surface area contributed by atoms with Crippen LogP contribution in [0.15, 0.2) is 194 Å². The van der Waals surface area contributed by atoms with Crippen LogP contribution < -0.4 is 0 Å². The minimum atomic E-state index is -0.445. The lowest BCUT2D eigenvalue weighted by Gasteiger charge is -2.32. The molecular weight excluding hydrogens is 661 g/mol. The third-order valence-electron chi connectivity index (χ3n) is 13.0. The van der Waals surface area contributed by atoms with Crippen LogP contribution in [0.3, 0.4) is 0 Å². The average Bonchev–Trinajstić information content (AvgIpc) is 3.86. The quantitative estimate of drug-likeness (QED) is 0.169. The molecule has 0 amide bonds. The normalized spacial score (nSPS) is 13.6. The Morgan fingerprint density at radius 1 is 0.273 bits per heavy atom. The highest BCUT2D eigenvalue weighted by molar-refractivity contribution is 6.19. The lowest BCUT2D eigenvalue weighted by molar-refractivity contribution is 0.802. The van der Waals surface area contributed by atoms with Crippen molar-refractivity contribution in [3.63, 3.8) is 0 Å². The van der Waals surface area contributed by atoms with Gasteiger partial charge in [-0.3, -0.25) is 0 Å². The van der Waals surface area contributed by atoms with Gasteiger partial charge in [-0.15, -0.1) is 0 Å². The fraction of sp³-hybridized carbons (Fsp3) is 0.0182. The van der Waals surface area contributed by atoms with Crippen molar-refractivity contribution in [1.29, 1.82) is 0 Å². The monoisotopic (exact) mass is 692 g/mol. The third-order valence-corrected chi connectivity index (χ3v) is 13.0. The molecule has 0 heteroatoms. The van der Waals surface area contributed by atoms with E-state index in [2.05, 4.69) is 194 Å². The Hall–Kier alpha value is -7.02. The Morgan fingerprint density at radius 3 is 1.51 bits per heavy atom. The molecule has 252 valence electrons. The Balaban J connectivity index is 1.07. The van der Waals surface area contributed by atoms with Crippen molar-refractivity contribution in [2.45, 2.75) is 5.41 Å². The molecule has 0 saturated heterocycles. The molecule has 3 aliphatic carbocycles. The van der Waals surface area contributed by atoms with E-state index in [-0.39, 0.29) is 0 Å². The van der Waals surface area contributed by atoms with Crippen LogP contribution in [0.5, 0.6) is 0 Å². The second-order valence-electron chi connectivity index (χ2n) is 15.5. The highest BCUT2D eigenvalue weighted by Gasteiger charge is 2.53. The van der Waals surface area contributed by atoms with Crippen molar-refractivity contribution >= 4 is 32.3 Å². The molecule has 0 atom stereocenters. The van der Waals surface area contributed by atoms with Gasteiger partial charge in [0.1, 0.15) is 0 Å². The molecule has 0 aliphatic heterocycles. The molecule has 10 aromatic rings. The summed E-state index contributed by atoms with van der Waals surface area (Å²) in [6.07, 6.45) is 0. The van der Waals surface area contributed by atoms with Gasteiger partial charge in [0.2, 0.25) is 0 Å². The topological polar surface area (TPSA) is 0 Å². The van der Waals surface area contributed by atoms with Crippen LogP contribution in [0.2, 0.25) is 0 Å². The van der Waals surface area contributed by atoms with Crippen molar-refractivity contribution < 1.29 is 0 Å². The van der Waals surface area contributed by atoms with Crippen molar-refractivity contribution in [3.05, 3.63) is 216 Å². The van der Waals surface area contributed by atoms with Crippen LogP contribution in [0.4, 0.5) is 0 Å². The van der Waals surface area contributed by atoms with E-state index in [1.807, 2.05) is 0 Å². The van der Waals surface area contributed by atoms with E-state index >= 15 is 0 Å². The predicted molar refractivity (Wildman–Crippen MR) is 231 cm³/mol. The van der Waals surface area contributed by atoms with E-state index in [1.165, 1.54) is 121 Å². The lowest BCUT2D eigenvalue weighted by Crippen LogP contribution is -2.26. The molecule has 0 bridgehead atoms. The van der Waals surface area contributed by atoms with E-state index in [4.69, 9.17) is 0 Å². The van der Waals surface area contributed by atoms with E-state index in [9.17, 15) is 0 Å². The van der Waals surface area contributed by atoms with Gasteiger partial charge in [-0.2, -0.15) is 0 Å². The van der Waals surface area contributed by atoms with E-state index < -0.39 is 5.41 Å². The molecule has 13 rings (SSSR count). The predicted octanol–water partition coefficient (Wildman–Crippen LogP) is 14.5. The first-order valence-electron chi connectivity index (χ1n) is 19.4. The van der Waals surface area contributed by atoms with Crippen LogP contribution >= 0.6 is 0 Å². The second kappa shape index (κ2) is 10.6. The lowest BCUT2D eigenvalue weighted by atomic mass is 9.69. The zero-order chi connectivity index (χ0) is 35.8. The minimum absolute atomic E-state index is 0.445. The Bertz CT molecular complexity index is 3230. The fourth-order valence-corrected chi connectivity index (χ4v) is 10.9. The zero-order valence-corrected chi connectivity index (χ0v) is 30.0. The van der Waals surface area contributed by atoms with Gasteiger partial charge in [0, 0.05) is 0 Å². The molecule has 1 spiro atoms. The molecule has 0 saturated carbocycles. The highest BCUT2D eigenvalue weighted by Crippen LogP contribution is 2.65. The first-order chi connectivity index (χ1) is 27.3. The number of hydrogen-bond acceptors (Lipinski definition) is 0. The molecule has 0 unspecified atom stereocenters. The molecule has 0 nitrogen and oxygen atoms in total. The van der Waals surface area contributed by atoms with E-state index in [1.54, 1.807) is 0 Å². The van der Waals surface area contributed by atoms with Crippen LogP contribution in [0.25, 0.3) is 99.1 Å². The summed E-state index contributed by atoms with van der Waals surface area (Å²) < 4.78 is 0. The maximum absolute atomic E-state index is 2.55. The standard InChI is InChI=1S/C55H32/c1-2-13-37-33(12-1)28-29-47-53-45-19-6-5-16-40(45)48(32-51(53)55(54(37)47)49-22-9-7-17-41(49)42-18-8-10-23-50(42)55)35-26-24-34(25-27-35)36-30-31-46-39-15-4-3-14-38(39)44-21-11-20-43(36)52(44)46/h1-32H. The van der Waals surface area contributed by atoms with Crippen LogP contribution in [-0.4, -0.2) is 0 Å². The van der Waals surface area contributed by atoms with E-state index in [0.717, 1.165) is 0 Å². The molecular formula is C55H32. The maximum atomic E-state index is 2.55. The van der Waals surface area contributed by atoms with Crippen LogP contribution in [0.1, 0.15) is 22.3 Å². The largest absolute Gasteiger partial charge is 0.0731 e. The van der Waals surface area contributed by atoms with Gasteiger partial charge >= 0.3 is 0 Å². The molecule has 0 heterocycles. The summed E-state index contributed by atoms with van der Waals surface area (Å²) in [7, 11) is 0. The summed E-state index contributed by atoms with van der Waals surface area (Å²) in [6, 6.07) is 73.2. The minimum Gasteiger partial charge on any atom is -0.0619 e. The Morgan fingerprint density at radius 2 is 0.782 bits per heavy atom. The zero-order valence-electron chi connectivity index (χ0n) is 30.0. The fourth-order valence-electron chi connectivity index (χ4n) is 10.9. The smallest absolute Gasteiger partial charge is 0.0619 e. The summed E-state index contributed by atoms with van der Waals surface area (Å²) >= 11 is 0. The van der Waals surface area contributed by atoms with Gasteiger partial charge < -0.3 is 0 Å². The Kier molecular flexibility index (Phi) is 5.65. The van der Waals surface area contributed by atoms with Crippen molar-refractivity contribution in [2.75, 3.05) is 0 Å². The average molecular weight is 693 g/mol. The highest BCUT2D eigenvalue weighted by atomic mass is 14.5. The summed E-state index contributed by atoms with van der Waals surface area (Å²) in [5.74, 6) is 0. The van der Waals surface area contributed by atoms with Crippen LogP contribution in [0, 0.1) is 0 Å². The van der Waals surface area contributed by atoms with Gasteiger partial charge in [0.15, 0.2) is 0 Å². The van der Waals surface area contributed by atoms with Crippen molar-refractivity contribution in [3.8, 4) is 66.8 Å². The molecule has 0 aromatic heterocycles. The maximum Gasteiger partial charge on any atom is 0.0731 e. The van der Waals surface area contributed by atoms with Gasteiger partial charge in [-0.25, -0.2) is 0 Å². The molecule has 10 aromatic carbocycles. The summed E-state index contributed by atoms with van der Waals surface area (Å²) in [6.45, 7) is 0. The third kappa shape index (κ3) is 3.62. The number of hydrogen-bond donors (Lipinski definition) is 0. The van der Waals surface area contributed by atoms with Crippen molar-refractivity contribution in [1.82, 2.24) is 0 Å². The van der Waals surface area contributed by atoms with Gasteiger partial charge in [0.25, 0.3) is 0 Å².